The molecule has 1 aromatic rings. The number of methoxy groups -OCH3 is 2. The van der Waals surface area contributed by atoms with Crippen LogP contribution in [-0.2, 0) is 28.5 Å². The van der Waals surface area contributed by atoms with Crippen LogP contribution in [0.2, 0.25) is 0 Å². The molecule has 186 valence electrons. The zero-order valence-electron chi connectivity index (χ0n) is 20.3. The number of hydrogen-bond donors (Lipinski definition) is 0. The third-order valence-electron chi connectivity index (χ3n) is 5.31. The summed E-state index contributed by atoms with van der Waals surface area (Å²) < 4.78 is 26.7. The minimum atomic E-state index is -0.659. The van der Waals surface area contributed by atoms with E-state index in [-0.39, 0.29) is 36.8 Å². The van der Waals surface area contributed by atoms with E-state index >= 15 is 0 Å². The van der Waals surface area contributed by atoms with Gasteiger partial charge in [-0.1, -0.05) is 0 Å². The van der Waals surface area contributed by atoms with Crippen LogP contribution in [0.1, 0.15) is 33.6 Å². The summed E-state index contributed by atoms with van der Waals surface area (Å²) >= 11 is 0. The van der Waals surface area contributed by atoms with Crippen molar-refractivity contribution >= 4 is 23.7 Å². The molecule has 1 amide bonds. The highest BCUT2D eigenvalue weighted by Gasteiger charge is 2.33. The Labute approximate surface area is 199 Å². The molecule has 1 atom stereocenters. The van der Waals surface area contributed by atoms with E-state index in [1.54, 1.807) is 34.1 Å². The number of piperidine rings is 1. The fraction of sp³-hybridized carbons (Fsp3) is 0.542. The fourth-order valence-electron chi connectivity index (χ4n) is 3.77. The van der Waals surface area contributed by atoms with Crippen molar-refractivity contribution in [3.8, 4) is 5.75 Å². The average molecular weight is 477 g/mol. The number of nitrogens with zero attached hydrogens (tertiary/aromatic N) is 2. The van der Waals surface area contributed by atoms with Gasteiger partial charge in [0.15, 0.2) is 0 Å². The van der Waals surface area contributed by atoms with E-state index in [0.717, 1.165) is 12.8 Å². The van der Waals surface area contributed by atoms with E-state index in [4.69, 9.17) is 23.7 Å². The van der Waals surface area contributed by atoms with Crippen LogP contribution < -0.4 is 9.64 Å². The van der Waals surface area contributed by atoms with Gasteiger partial charge in [-0.25, -0.2) is 14.4 Å². The number of amides is 1. The van der Waals surface area contributed by atoms with E-state index in [0.29, 0.717) is 24.5 Å². The van der Waals surface area contributed by atoms with E-state index in [1.165, 1.54) is 14.2 Å². The maximum absolute atomic E-state index is 12.4. The number of esters is 2. The Hall–Kier alpha value is -3.27. The monoisotopic (exact) mass is 476 g/mol. The number of carbonyl (C=O) groups excluding carboxylic acids is 3. The highest BCUT2D eigenvalue weighted by atomic mass is 16.6. The van der Waals surface area contributed by atoms with Crippen molar-refractivity contribution in [2.24, 2.45) is 0 Å². The van der Waals surface area contributed by atoms with Gasteiger partial charge in [0.1, 0.15) is 29.9 Å². The summed E-state index contributed by atoms with van der Waals surface area (Å²) in [5.41, 5.74) is 0.234. The summed E-state index contributed by atoms with van der Waals surface area (Å²) in [7, 11) is 2.49. The molecule has 1 fully saturated rings. The highest BCUT2D eigenvalue weighted by molar-refractivity contribution is 6.03. The van der Waals surface area contributed by atoms with Crippen molar-refractivity contribution in [2.75, 3.05) is 45.5 Å². The molecule has 0 spiro atoms. The molecular formula is C24H32N2O8. The van der Waals surface area contributed by atoms with Gasteiger partial charge in [0.2, 0.25) is 0 Å². The molecule has 2 aliphatic rings. The number of ether oxygens (including phenoxy) is 5. The lowest BCUT2D eigenvalue weighted by molar-refractivity contribution is -0.140. The first kappa shape index (κ1) is 25.4. The van der Waals surface area contributed by atoms with Crippen LogP contribution in [0.25, 0.3) is 0 Å². The maximum atomic E-state index is 12.4. The maximum Gasteiger partial charge on any atom is 0.410 e. The SMILES string of the molecule is COC(=O)C1=C(C(=O)OC)N(c2ccc(OC3CCCN(C(=O)OC(C)(C)C)C3)cc2)COC1. The van der Waals surface area contributed by atoms with Gasteiger partial charge in [0.25, 0.3) is 0 Å². The number of carbonyl (C=O) groups is 3. The lowest BCUT2D eigenvalue weighted by Gasteiger charge is -2.34. The van der Waals surface area contributed by atoms with Crippen LogP contribution in [0.5, 0.6) is 5.75 Å². The van der Waals surface area contributed by atoms with E-state index in [2.05, 4.69) is 0 Å². The Morgan fingerprint density at radius 2 is 1.71 bits per heavy atom. The van der Waals surface area contributed by atoms with Crippen molar-refractivity contribution in [1.82, 2.24) is 4.90 Å². The molecule has 2 heterocycles. The smallest absolute Gasteiger partial charge is 0.410 e. The lowest BCUT2D eigenvalue weighted by Crippen LogP contribution is -2.46. The minimum Gasteiger partial charge on any atom is -0.489 e. The van der Waals surface area contributed by atoms with Crippen molar-refractivity contribution in [3.63, 3.8) is 0 Å². The minimum absolute atomic E-state index is 0.0510. The van der Waals surface area contributed by atoms with Crippen LogP contribution >= 0.6 is 0 Å². The van der Waals surface area contributed by atoms with Crippen molar-refractivity contribution in [3.05, 3.63) is 35.5 Å². The summed E-state index contributed by atoms with van der Waals surface area (Å²) in [5, 5.41) is 0. The average Bonchev–Trinajstić information content (AvgIpc) is 2.82. The molecule has 1 aromatic carbocycles. The Balaban J connectivity index is 1.71. The number of likely N-dealkylation sites (tertiary alicyclic amines) is 1. The molecule has 0 aromatic heterocycles. The van der Waals surface area contributed by atoms with Gasteiger partial charge >= 0.3 is 18.0 Å². The van der Waals surface area contributed by atoms with Gasteiger partial charge in [-0.2, -0.15) is 0 Å². The van der Waals surface area contributed by atoms with Crippen LogP contribution in [0, 0.1) is 0 Å². The van der Waals surface area contributed by atoms with Crippen LogP contribution in [-0.4, -0.2) is 75.3 Å². The van der Waals surface area contributed by atoms with Crippen LogP contribution in [0.4, 0.5) is 10.5 Å². The molecule has 34 heavy (non-hydrogen) atoms. The second-order valence-corrected chi connectivity index (χ2v) is 9.02. The van der Waals surface area contributed by atoms with Crippen molar-refractivity contribution < 1.29 is 38.1 Å². The molecular weight excluding hydrogens is 444 g/mol. The largest absolute Gasteiger partial charge is 0.489 e. The summed E-state index contributed by atoms with van der Waals surface area (Å²) in [6, 6.07) is 7.05. The van der Waals surface area contributed by atoms with Crippen LogP contribution in [0.3, 0.4) is 0 Å². The molecule has 2 aliphatic heterocycles. The van der Waals surface area contributed by atoms with Gasteiger partial charge in [-0.15, -0.1) is 0 Å². The summed E-state index contributed by atoms with van der Waals surface area (Å²) in [4.78, 5) is 40.2. The highest BCUT2D eigenvalue weighted by Crippen LogP contribution is 2.29. The molecule has 10 nitrogen and oxygen atoms in total. The first-order chi connectivity index (χ1) is 16.1. The second kappa shape index (κ2) is 10.8. The third-order valence-corrected chi connectivity index (χ3v) is 5.31. The van der Waals surface area contributed by atoms with Gasteiger partial charge < -0.3 is 33.5 Å². The topological polar surface area (TPSA) is 104 Å². The van der Waals surface area contributed by atoms with Crippen LogP contribution in [0.15, 0.2) is 35.5 Å². The van der Waals surface area contributed by atoms with E-state index in [9.17, 15) is 14.4 Å². The number of rotatable bonds is 5. The standard InChI is InChI=1S/C24H32N2O8/c1-24(2,3)34-23(29)25-12-6-7-18(13-25)33-17-10-8-16(9-11-17)26-15-32-14-19(21(27)30-4)20(26)22(28)31-5/h8-11,18H,6-7,12-15H2,1-5H3. The molecule has 0 radical (unpaired) electrons. The Bertz CT molecular complexity index is 935. The zero-order valence-corrected chi connectivity index (χ0v) is 20.3. The molecule has 0 bridgehead atoms. The predicted octanol–water partition coefficient (Wildman–Crippen LogP) is 2.86. The summed E-state index contributed by atoms with van der Waals surface area (Å²) in [6.45, 7) is 6.61. The predicted molar refractivity (Wildman–Crippen MR) is 122 cm³/mol. The molecule has 1 saturated heterocycles. The van der Waals surface area contributed by atoms with Gasteiger partial charge in [0.05, 0.1) is 32.9 Å². The van der Waals surface area contributed by atoms with Crippen molar-refractivity contribution in [2.45, 2.75) is 45.3 Å². The quantitative estimate of drug-likeness (QED) is 0.469. The Morgan fingerprint density at radius 1 is 1.03 bits per heavy atom. The summed E-state index contributed by atoms with van der Waals surface area (Å²) in [5.74, 6) is -0.695. The number of anilines is 1. The molecule has 0 aliphatic carbocycles. The molecule has 1 unspecified atom stereocenters. The van der Waals surface area contributed by atoms with Crippen molar-refractivity contribution in [1.29, 1.82) is 0 Å². The Kier molecular flexibility index (Phi) is 8.03. The van der Waals surface area contributed by atoms with Gasteiger partial charge in [0, 0.05) is 12.2 Å². The van der Waals surface area contributed by atoms with Gasteiger partial charge in [-0.05, 0) is 57.9 Å². The molecule has 0 N–H and O–H groups in total. The second-order valence-electron chi connectivity index (χ2n) is 9.02. The van der Waals surface area contributed by atoms with E-state index in [1.807, 2.05) is 20.8 Å². The number of hydrogen-bond acceptors (Lipinski definition) is 9. The molecule has 10 heteroatoms. The molecule has 3 rings (SSSR count). The lowest BCUT2D eigenvalue weighted by atomic mass is 10.1. The molecule has 0 saturated carbocycles. The first-order valence-corrected chi connectivity index (χ1v) is 11.1. The zero-order chi connectivity index (χ0) is 24.9. The Morgan fingerprint density at radius 3 is 2.32 bits per heavy atom. The third kappa shape index (κ3) is 6.19. The first-order valence-electron chi connectivity index (χ1n) is 11.1. The normalized spacial score (nSPS) is 18.9. The fourth-order valence-corrected chi connectivity index (χ4v) is 3.77. The van der Waals surface area contributed by atoms with E-state index < -0.39 is 17.5 Å². The number of benzene rings is 1. The summed E-state index contributed by atoms with van der Waals surface area (Å²) in [6.07, 6.45) is 1.13. The van der Waals surface area contributed by atoms with Gasteiger partial charge in [-0.3, -0.25) is 0 Å².